The van der Waals surface area contributed by atoms with E-state index < -0.39 is 0 Å². The van der Waals surface area contributed by atoms with Gasteiger partial charge in [-0.2, -0.15) is 0 Å². The minimum absolute atomic E-state index is 0.659. The molecule has 3 aliphatic rings. The number of hydrogen-bond acceptors (Lipinski definition) is 3. The minimum atomic E-state index is 0.659. The van der Waals surface area contributed by atoms with E-state index in [9.17, 15) is 0 Å². The van der Waals surface area contributed by atoms with Gasteiger partial charge in [-0.05, 0) is 54.0 Å². The van der Waals surface area contributed by atoms with E-state index in [0.29, 0.717) is 12.0 Å². The number of nitrogens with one attached hydrogen (secondary N) is 1. The van der Waals surface area contributed by atoms with Gasteiger partial charge in [0.05, 0.1) is 5.69 Å². The first-order chi connectivity index (χ1) is 12.4. The maximum Gasteiger partial charge on any atom is 0.0544 e. The van der Waals surface area contributed by atoms with Crippen LogP contribution in [-0.4, -0.2) is 31.4 Å². The van der Waals surface area contributed by atoms with Crippen LogP contribution in [0.25, 0.3) is 12.2 Å². The van der Waals surface area contributed by atoms with E-state index in [0.717, 1.165) is 13.1 Å². The summed E-state index contributed by atoms with van der Waals surface area (Å²) in [5.74, 6) is 1.90. The zero-order valence-electron chi connectivity index (χ0n) is 14.4. The Morgan fingerprint density at radius 3 is 2.88 bits per heavy atom. The number of rotatable bonds is 2. The predicted molar refractivity (Wildman–Crippen MR) is 109 cm³/mol. The SMILES string of the molecule is C(=C\c1cc2c3c(c1)[C@@H]1CNCC[C@@H]1N3CCCS2)/c1ccccc1. The molecule has 0 radical (unpaired) electrons. The van der Waals surface area contributed by atoms with Crippen molar-refractivity contribution >= 4 is 29.6 Å². The van der Waals surface area contributed by atoms with Gasteiger partial charge in [-0.3, -0.25) is 0 Å². The fourth-order valence-electron chi connectivity index (χ4n) is 4.60. The maximum absolute atomic E-state index is 3.62. The van der Waals surface area contributed by atoms with Crippen molar-refractivity contribution < 1.29 is 0 Å². The molecule has 25 heavy (non-hydrogen) atoms. The zero-order valence-corrected chi connectivity index (χ0v) is 15.3. The minimum Gasteiger partial charge on any atom is -0.367 e. The summed E-state index contributed by atoms with van der Waals surface area (Å²) < 4.78 is 0. The molecule has 5 rings (SSSR count). The molecular formula is C22H24N2S. The van der Waals surface area contributed by atoms with Crippen LogP contribution in [-0.2, 0) is 0 Å². The Balaban J connectivity index is 1.56. The van der Waals surface area contributed by atoms with E-state index in [1.54, 1.807) is 11.3 Å². The molecule has 1 N–H and O–H groups in total. The number of thioether (sulfide) groups is 1. The zero-order chi connectivity index (χ0) is 16.6. The summed E-state index contributed by atoms with van der Waals surface area (Å²) in [5, 5.41) is 3.62. The number of fused-ring (bicyclic) bond motifs is 3. The average Bonchev–Trinajstić information content (AvgIpc) is 2.83. The van der Waals surface area contributed by atoms with Gasteiger partial charge in [0, 0.05) is 29.9 Å². The molecule has 128 valence electrons. The number of hydrogen-bond donors (Lipinski definition) is 1. The molecule has 2 aromatic rings. The Labute approximate surface area is 154 Å². The van der Waals surface area contributed by atoms with Crippen molar-refractivity contribution in [3.05, 3.63) is 59.2 Å². The van der Waals surface area contributed by atoms with Gasteiger partial charge in [0.2, 0.25) is 0 Å². The largest absolute Gasteiger partial charge is 0.367 e. The van der Waals surface area contributed by atoms with Gasteiger partial charge < -0.3 is 10.2 Å². The molecule has 0 unspecified atom stereocenters. The second kappa shape index (κ2) is 6.54. The Hall–Kier alpha value is -1.71. The summed E-state index contributed by atoms with van der Waals surface area (Å²) in [7, 11) is 0. The molecule has 2 aromatic carbocycles. The highest BCUT2D eigenvalue weighted by Gasteiger charge is 2.41. The van der Waals surface area contributed by atoms with Crippen molar-refractivity contribution in [1.82, 2.24) is 5.32 Å². The third-order valence-electron chi connectivity index (χ3n) is 5.73. The van der Waals surface area contributed by atoms with E-state index in [-0.39, 0.29) is 0 Å². The maximum atomic E-state index is 3.62. The lowest BCUT2D eigenvalue weighted by atomic mass is 9.89. The van der Waals surface area contributed by atoms with Crippen LogP contribution in [0, 0.1) is 0 Å². The second-order valence-electron chi connectivity index (χ2n) is 7.26. The Morgan fingerprint density at radius 1 is 1.08 bits per heavy atom. The predicted octanol–water partition coefficient (Wildman–Crippen LogP) is 4.62. The third-order valence-corrected chi connectivity index (χ3v) is 6.84. The first kappa shape index (κ1) is 15.5. The average molecular weight is 349 g/mol. The fourth-order valence-corrected chi connectivity index (χ4v) is 5.68. The molecule has 0 aliphatic carbocycles. The normalized spacial score (nSPS) is 24.9. The van der Waals surface area contributed by atoms with E-state index in [4.69, 9.17) is 0 Å². The molecule has 0 bridgehead atoms. The summed E-state index contributed by atoms with van der Waals surface area (Å²) in [6.45, 7) is 3.52. The number of nitrogens with zero attached hydrogens (tertiary/aromatic N) is 1. The van der Waals surface area contributed by atoms with Gasteiger partial charge in [0.1, 0.15) is 0 Å². The van der Waals surface area contributed by atoms with Crippen LogP contribution in [0.3, 0.4) is 0 Å². The first-order valence-corrected chi connectivity index (χ1v) is 10.4. The van der Waals surface area contributed by atoms with Gasteiger partial charge in [0.25, 0.3) is 0 Å². The molecule has 1 saturated heterocycles. The molecule has 0 amide bonds. The summed E-state index contributed by atoms with van der Waals surface area (Å²) in [6.07, 6.45) is 7.09. The van der Waals surface area contributed by atoms with E-state index >= 15 is 0 Å². The highest BCUT2D eigenvalue weighted by atomic mass is 32.2. The topological polar surface area (TPSA) is 15.3 Å². The number of piperidine rings is 1. The summed E-state index contributed by atoms with van der Waals surface area (Å²) in [4.78, 5) is 4.23. The lowest BCUT2D eigenvalue weighted by Gasteiger charge is -2.33. The van der Waals surface area contributed by atoms with Crippen molar-refractivity contribution in [2.75, 3.05) is 30.3 Å². The van der Waals surface area contributed by atoms with E-state index in [1.165, 1.54) is 41.2 Å². The second-order valence-corrected chi connectivity index (χ2v) is 8.40. The monoisotopic (exact) mass is 348 g/mol. The Bertz CT molecular complexity index is 799. The Morgan fingerprint density at radius 2 is 1.96 bits per heavy atom. The molecule has 3 heterocycles. The summed E-state index contributed by atoms with van der Waals surface area (Å²) in [5.41, 5.74) is 5.74. The summed E-state index contributed by atoms with van der Waals surface area (Å²) >= 11 is 2.05. The van der Waals surface area contributed by atoms with Gasteiger partial charge in [-0.25, -0.2) is 0 Å². The number of anilines is 1. The number of benzene rings is 2. The van der Waals surface area contributed by atoms with Crippen molar-refractivity contribution in [2.24, 2.45) is 0 Å². The van der Waals surface area contributed by atoms with Gasteiger partial charge in [0.15, 0.2) is 0 Å². The lowest BCUT2D eigenvalue weighted by Crippen LogP contribution is -2.44. The third kappa shape index (κ3) is 2.80. The molecule has 0 saturated carbocycles. The van der Waals surface area contributed by atoms with Crippen LogP contribution < -0.4 is 10.2 Å². The molecule has 2 atom stereocenters. The van der Waals surface area contributed by atoms with Crippen LogP contribution in [0.15, 0.2) is 47.4 Å². The molecule has 2 nitrogen and oxygen atoms in total. The van der Waals surface area contributed by atoms with Crippen LogP contribution in [0.1, 0.15) is 35.4 Å². The van der Waals surface area contributed by atoms with Crippen LogP contribution in [0.5, 0.6) is 0 Å². The molecule has 3 aliphatic heterocycles. The van der Waals surface area contributed by atoms with Gasteiger partial charge in [-0.1, -0.05) is 42.5 Å². The first-order valence-electron chi connectivity index (χ1n) is 9.41. The Kier molecular flexibility index (Phi) is 4.07. The van der Waals surface area contributed by atoms with E-state index in [2.05, 4.69) is 76.6 Å². The van der Waals surface area contributed by atoms with Crippen LogP contribution in [0.2, 0.25) is 0 Å². The molecule has 0 spiro atoms. The molecule has 3 heteroatoms. The van der Waals surface area contributed by atoms with Crippen molar-refractivity contribution in [3.8, 4) is 0 Å². The van der Waals surface area contributed by atoms with Crippen LogP contribution >= 0.6 is 11.8 Å². The molecule has 1 fully saturated rings. The quantitative estimate of drug-likeness (QED) is 0.797. The smallest absolute Gasteiger partial charge is 0.0544 e. The fraction of sp³-hybridized carbons (Fsp3) is 0.364. The van der Waals surface area contributed by atoms with Crippen molar-refractivity contribution in [1.29, 1.82) is 0 Å². The molecular weight excluding hydrogens is 324 g/mol. The van der Waals surface area contributed by atoms with Gasteiger partial charge in [-0.15, -0.1) is 11.8 Å². The van der Waals surface area contributed by atoms with Crippen molar-refractivity contribution in [3.63, 3.8) is 0 Å². The highest BCUT2D eigenvalue weighted by Crippen LogP contribution is 2.50. The standard InChI is InChI=1S/C22H24N2S/c1-2-5-16(6-3-1)7-8-17-13-18-19-15-23-10-9-20(19)24-11-4-12-25-21(14-17)22(18)24/h1-3,5-8,13-14,19-20,23H,4,9-12,15H2/b8-7+/t19-,20-/m0/s1. The van der Waals surface area contributed by atoms with E-state index in [1.807, 2.05) is 0 Å². The van der Waals surface area contributed by atoms with Gasteiger partial charge >= 0.3 is 0 Å². The van der Waals surface area contributed by atoms with Crippen molar-refractivity contribution in [2.45, 2.75) is 29.7 Å². The van der Waals surface area contributed by atoms with Crippen LogP contribution in [0.4, 0.5) is 5.69 Å². The highest BCUT2D eigenvalue weighted by molar-refractivity contribution is 7.99. The lowest BCUT2D eigenvalue weighted by molar-refractivity contribution is 0.403. The molecule has 0 aromatic heterocycles. The summed E-state index contributed by atoms with van der Waals surface area (Å²) in [6, 6.07) is 16.2.